The number of oxazole rings is 1. The molecule has 5 nitrogen and oxygen atoms in total. The normalized spacial score (nSPS) is 10.4. The Bertz CT molecular complexity index is 810. The van der Waals surface area contributed by atoms with Crippen LogP contribution in [-0.2, 0) is 17.6 Å². The average Bonchev–Trinajstić information content (AvgIpc) is 3.12. The summed E-state index contributed by atoms with van der Waals surface area (Å²) in [6.07, 6.45) is 2.61. The number of aromatic nitrogens is 1. The highest BCUT2D eigenvalue weighted by molar-refractivity contribution is 5.78. The van der Waals surface area contributed by atoms with E-state index in [4.69, 9.17) is 9.15 Å². The van der Waals surface area contributed by atoms with Crippen molar-refractivity contribution in [2.45, 2.75) is 12.8 Å². The number of carbonyl (C=O) groups is 1. The van der Waals surface area contributed by atoms with Crippen molar-refractivity contribution in [3.05, 3.63) is 72.1 Å². The Labute approximate surface area is 146 Å². The van der Waals surface area contributed by atoms with E-state index in [1.54, 1.807) is 13.4 Å². The van der Waals surface area contributed by atoms with Crippen molar-refractivity contribution in [3.63, 3.8) is 0 Å². The molecule has 1 aromatic heterocycles. The topological polar surface area (TPSA) is 64.4 Å². The number of ether oxygens (including phenoxy) is 1. The third kappa shape index (κ3) is 4.70. The van der Waals surface area contributed by atoms with E-state index in [0.717, 1.165) is 22.6 Å². The molecule has 3 aromatic rings. The Balaban J connectivity index is 1.46. The number of benzene rings is 2. The van der Waals surface area contributed by atoms with Gasteiger partial charge in [0, 0.05) is 18.5 Å². The van der Waals surface area contributed by atoms with E-state index in [1.165, 1.54) is 0 Å². The van der Waals surface area contributed by atoms with Gasteiger partial charge in [-0.1, -0.05) is 30.3 Å². The molecule has 0 bridgehead atoms. The van der Waals surface area contributed by atoms with Gasteiger partial charge in [-0.2, -0.15) is 0 Å². The molecule has 0 aliphatic carbocycles. The van der Waals surface area contributed by atoms with Crippen molar-refractivity contribution in [2.75, 3.05) is 13.7 Å². The number of hydrogen-bond acceptors (Lipinski definition) is 4. The van der Waals surface area contributed by atoms with Crippen LogP contribution in [0.3, 0.4) is 0 Å². The summed E-state index contributed by atoms with van der Waals surface area (Å²) < 4.78 is 10.6. The lowest BCUT2D eigenvalue weighted by Gasteiger charge is -2.05. The molecule has 0 fully saturated rings. The van der Waals surface area contributed by atoms with Gasteiger partial charge >= 0.3 is 0 Å². The van der Waals surface area contributed by atoms with Crippen LogP contribution in [-0.4, -0.2) is 24.5 Å². The van der Waals surface area contributed by atoms with Gasteiger partial charge in [-0.05, 0) is 29.8 Å². The largest absolute Gasteiger partial charge is 0.497 e. The molecule has 3 rings (SSSR count). The molecule has 0 radical (unpaired) electrons. The standard InChI is InChI=1S/C20H20N2O3/c1-24-18-9-7-15(8-10-18)13-19(23)21-12-11-17-14-25-20(22-17)16-5-3-2-4-6-16/h2-10,14H,11-13H2,1H3,(H,21,23). The minimum atomic E-state index is -0.0167. The predicted octanol–water partition coefficient (Wildman–Crippen LogP) is 3.25. The second-order valence-corrected chi connectivity index (χ2v) is 5.63. The van der Waals surface area contributed by atoms with Crippen LogP contribution in [0.1, 0.15) is 11.3 Å². The van der Waals surface area contributed by atoms with Crippen molar-refractivity contribution in [3.8, 4) is 17.2 Å². The van der Waals surface area contributed by atoms with Gasteiger partial charge in [0.05, 0.1) is 19.2 Å². The fourth-order valence-corrected chi connectivity index (χ4v) is 2.46. The Morgan fingerprint density at radius 3 is 2.60 bits per heavy atom. The average molecular weight is 336 g/mol. The number of carbonyl (C=O) groups excluding carboxylic acids is 1. The summed E-state index contributed by atoms with van der Waals surface area (Å²) in [5.41, 5.74) is 2.71. The minimum Gasteiger partial charge on any atom is -0.497 e. The van der Waals surface area contributed by atoms with E-state index < -0.39 is 0 Å². The maximum absolute atomic E-state index is 12.0. The van der Waals surface area contributed by atoms with Crippen LogP contribution < -0.4 is 10.1 Å². The van der Waals surface area contributed by atoms with Gasteiger partial charge in [-0.25, -0.2) is 4.98 Å². The molecule has 0 aliphatic heterocycles. The summed E-state index contributed by atoms with van der Waals surface area (Å²) in [5, 5.41) is 2.91. The molecule has 128 valence electrons. The van der Waals surface area contributed by atoms with E-state index in [9.17, 15) is 4.79 Å². The first-order chi connectivity index (χ1) is 12.2. The molecule has 1 N–H and O–H groups in total. The first-order valence-electron chi connectivity index (χ1n) is 8.14. The molecule has 2 aromatic carbocycles. The number of nitrogens with zero attached hydrogens (tertiary/aromatic N) is 1. The summed E-state index contributed by atoms with van der Waals surface area (Å²) in [6.45, 7) is 0.524. The zero-order valence-electron chi connectivity index (χ0n) is 14.1. The van der Waals surface area contributed by atoms with Gasteiger partial charge in [0.1, 0.15) is 12.0 Å². The zero-order valence-corrected chi connectivity index (χ0v) is 14.1. The minimum absolute atomic E-state index is 0.0167. The number of methoxy groups -OCH3 is 1. The molecule has 0 atom stereocenters. The van der Waals surface area contributed by atoms with Crippen LogP contribution in [0.15, 0.2) is 65.3 Å². The van der Waals surface area contributed by atoms with Crippen LogP contribution >= 0.6 is 0 Å². The van der Waals surface area contributed by atoms with Crippen molar-refractivity contribution in [1.29, 1.82) is 0 Å². The fraction of sp³-hybridized carbons (Fsp3) is 0.200. The Kier molecular flexibility index (Phi) is 5.46. The molecule has 0 spiro atoms. The van der Waals surface area contributed by atoms with E-state index in [2.05, 4.69) is 10.3 Å². The van der Waals surface area contributed by atoms with Crippen molar-refractivity contribution >= 4 is 5.91 Å². The second kappa shape index (κ2) is 8.15. The Morgan fingerprint density at radius 1 is 1.12 bits per heavy atom. The molecule has 25 heavy (non-hydrogen) atoms. The summed E-state index contributed by atoms with van der Waals surface area (Å²) in [7, 11) is 1.62. The molecular formula is C20H20N2O3. The smallest absolute Gasteiger partial charge is 0.226 e. The van der Waals surface area contributed by atoms with E-state index >= 15 is 0 Å². The van der Waals surface area contributed by atoms with Crippen molar-refractivity contribution in [2.24, 2.45) is 0 Å². The van der Waals surface area contributed by atoms with Crippen molar-refractivity contribution in [1.82, 2.24) is 10.3 Å². The summed E-state index contributed by atoms with van der Waals surface area (Å²) >= 11 is 0. The number of amides is 1. The summed E-state index contributed by atoms with van der Waals surface area (Å²) in [6, 6.07) is 17.2. The highest BCUT2D eigenvalue weighted by atomic mass is 16.5. The number of hydrogen-bond donors (Lipinski definition) is 1. The monoisotopic (exact) mass is 336 g/mol. The van der Waals surface area contributed by atoms with E-state index in [0.29, 0.717) is 25.3 Å². The van der Waals surface area contributed by atoms with E-state index in [1.807, 2.05) is 54.6 Å². The maximum atomic E-state index is 12.0. The fourth-order valence-electron chi connectivity index (χ4n) is 2.46. The molecule has 0 unspecified atom stereocenters. The predicted molar refractivity (Wildman–Crippen MR) is 95.4 cm³/mol. The third-order valence-corrected chi connectivity index (χ3v) is 3.80. The molecule has 5 heteroatoms. The highest BCUT2D eigenvalue weighted by Crippen LogP contribution is 2.18. The van der Waals surface area contributed by atoms with Crippen LogP contribution in [0.4, 0.5) is 0 Å². The van der Waals surface area contributed by atoms with Crippen LogP contribution in [0.5, 0.6) is 5.75 Å². The first-order valence-corrected chi connectivity index (χ1v) is 8.14. The van der Waals surface area contributed by atoms with E-state index in [-0.39, 0.29) is 5.91 Å². The van der Waals surface area contributed by atoms with Gasteiger partial charge in [0.2, 0.25) is 11.8 Å². The van der Waals surface area contributed by atoms with Crippen LogP contribution in [0.2, 0.25) is 0 Å². The molecule has 0 saturated carbocycles. The summed E-state index contributed by atoms with van der Waals surface area (Å²) in [5.74, 6) is 1.36. The van der Waals surface area contributed by atoms with Crippen molar-refractivity contribution < 1.29 is 13.9 Å². The zero-order chi connectivity index (χ0) is 17.5. The molecule has 1 amide bonds. The third-order valence-electron chi connectivity index (χ3n) is 3.80. The van der Waals surface area contributed by atoms with Crippen LogP contribution in [0.25, 0.3) is 11.5 Å². The number of nitrogens with one attached hydrogen (secondary N) is 1. The SMILES string of the molecule is COc1ccc(CC(=O)NCCc2coc(-c3ccccc3)n2)cc1. The second-order valence-electron chi connectivity index (χ2n) is 5.63. The lowest BCUT2D eigenvalue weighted by atomic mass is 10.1. The molecule has 0 saturated heterocycles. The lowest BCUT2D eigenvalue weighted by molar-refractivity contribution is -0.120. The van der Waals surface area contributed by atoms with Gasteiger partial charge < -0.3 is 14.5 Å². The van der Waals surface area contributed by atoms with Gasteiger partial charge in [-0.3, -0.25) is 4.79 Å². The summed E-state index contributed by atoms with van der Waals surface area (Å²) in [4.78, 5) is 16.4. The quantitative estimate of drug-likeness (QED) is 0.719. The van der Waals surface area contributed by atoms with Gasteiger partial charge in [0.15, 0.2) is 0 Å². The highest BCUT2D eigenvalue weighted by Gasteiger charge is 2.07. The van der Waals surface area contributed by atoms with Gasteiger partial charge in [0.25, 0.3) is 0 Å². The molecule has 1 heterocycles. The Hall–Kier alpha value is -3.08. The van der Waals surface area contributed by atoms with Crippen LogP contribution in [0, 0.1) is 0 Å². The molecular weight excluding hydrogens is 316 g/mol. The lowest BCUT2D eigenvalue weighted by Crippen LogP contribution is -2.27. The molecule has 0 aliphatic rings. The van der Waals surface area contributed by atoms with Gasteiger partial charge in [-0.15, -0.1) is 0 Å². The first kappa shape index (κ1) is 16.8. The maximum Gasteiger partial charge on any atom is 0.226 e. The Morgan fingerprint density at radius 2 is 1.88 bits per heavy atom. The number of rotatable bonds is 7.